The highest BCUT2D eigenvalue weighted by molar-refractivity contribution is 7.09. The van der Waals surface area contributed by atoms with Gasteiger partial charge in [-0.3, -0.25) is 4.98 Å². The number of anilines is 1. The van der Waals surface area contributed by atoms with Crippen LogP contribution in [-0.4, -0.2) is 4.98 Å². The van der Waals surface area contributed by atoms with Crippen LogP contribution < -0.4 is 5.32 Å². The zero-order valence-corrected chi connectivity index (χ0v) is 10.4. The third kappa shape index (κ3) is 2.61. The molecule has 84 valence electrons. The molecule has 1 aromatic carbocycles. The lowest BCUT2D eigenvalue weighted by Crippen LogP contribution is -2.04. The lowest BCUT2D eigenvalue weighted by atomic mass is 10.1. The first-order valence-corrected chi connectivity index (χ1v) is 6.41. The fourth-order valence-electron chi connectivity index (χ4n) is 1.60. The second kappa shape index (κ2) is 5.12. The number of nitrogens with zero attached hydrogens (tertiary/aromatic N) is 1. The van der Waals surface area contributed by atoms with Gasteiger partial charge in [-0.25, -0.2) is 0 Å². The standard InChI is InChI=1S/C13H16N2S/c1-3-11-4-6-12(7-5-11)15-10(2)13-8-14-9-16-13/h4-10,15H,3H2,1-2H3. The minimum Gasteiger partial charge on any atom is -0.378 e. The number of hydrogen-bond donors (Lipinski definition) is 1. The molecule has 1 atom stereocenters. The van der Waals surface area contributed by atoms with Crippen molar-refractivity contribution < 1.29 is 0 Å². The van der Waals surface area contributed by atoms with Gasteiger partial charge in [-0.05, 0) is 31.0 Å². The van der Waals surface area contributed by atoms with Gasteiger partial charge in [0, 0.05) is 16.8 Å². The second-order valence-electron chi connectivity index (χ2n) is 3.82. The summed E-state index contributed by atoms with van der Waals surface area (Å²) < 4.78 is 0. The van der Waals surface area contributed by atoms with Crippen molar-refractivity contribution in [1.82, 2.24) is 4.98 Å². The van der Waals surface area contributed by atoms with Crippen molar-refractivity contribution in [2.45, 2.75) is 26.3 Å². The van der Waals surface area contributed by atoms with Gasteiger partial charge in [-0.15, -0.1) is 11.3 Å². The summed E-state index contributed by atoms with van der Waals surface area (Å²) in [5.41, 5.74) is 4.40. The topological polar surface area (TPSA) is 24.9 Å². The van der Waals surface area contributed by atoms with Gasteiger partial charge in [0.25, 0.3) is 0 Å². The number of aryl methyl sites for hydroxylation is 1. The molecule has 0 bridgehead atoms. The number of thiazole rings is 1. The summed E-state index contributed by atoms with van der Waals surface area (Å²) in [5.74, 6) is 0. The molecule has 1 aromatic heterocycles. The second-order valence-corrected chi connectivity index (χ2v) is 4.74. The minimum absolute atomic E-state index is 0.319. The van der Waals surface area contributed by atoms with Crippen LogP contribution in [0.4, 0.5) is 5.69 Å². The van der Waals surface area contributed by atoms with Gasteiger partial charge >= 0.3 is 0 Å². The van der Waals surface area contributed by atoms with Gasteiger partial charge in [0.15, 0.2) is 0 Å². The molecule has 2 rings (SSSR count). The molecule has 0 saturated carbocycles. The van der Waals surface area contributed by atoms with Crippen LogP contribution in [0.5, 0.6) is 0 Å². The molecule has 0 fully saturated rings. The maximum absolute atomic E-state index is 4.09. The monoisotopic (exact) mass is 232 g/mol. The molecular formula is C13H16N2S. The van der Waals surface area contributed by atoms with Crippen LogP contribution in [0.15, 0.2) is 36.0 Å². The van der Waals surface area contributed by atoms with Crippen LogP contribution in [0.3, 0.4) is 0 Å². The Balaban J connectivity index is 2.03. The number of rotatable bonds is 4. The Labute approximate surface area is 100 Å². The summed E-state index contributed by atoms with van der Waals surface area (Å²) in [6.07, 6.45) is 3.01. The molecule has 0 aliphatic rings. The third-order valence-electron chi connectivity index (χ3n) is 2.62. The van der Waals surface area contributed by atoms with Crippen molar-refractivity contribution >= 4 is 17.0 Å². The van der Waals surface area contributed by atoms with E-state index in [1.165, 1.54) is 10.4 Å². The summed E-state index contributed by atoms with van der Waals surface area (Å²) in [7, 11) is 0. The summed E-state index contributed by atoms with van der Waals surface area (Å²) >= 11 is 1.68. The summed E-state index contributed by atoms with van der Waals surface area (Å²) in [4.78, 5) is 5.35. The van der Waals surface area contributed by atoms with Crippen LogP contribution in [-0.2, 0) is 6.42 Å². The van der Waals surface area contributed by atoms with E-state index in [1.807, 2.05) is 11.7 Å². The number of nitrogens with one attached hydrogen (secondary N) is 1. The van der Waals surface area contributed by atoms with Crippen molar-refractivity contribution in [3.8, 4) is 0 Å². The van der Waals surface area contributed by atoms with E-state index in [1.54, 1.807) is 11.3 Å². The molecule has 3 heteroatoms. The average molecular weight is 232 g/mol. The molecule has 0 saturated heterocycles. The molecule has 0 radical (unpaired) electrons. The molecular weight excluding hydrogens is 216 g/mol. The fourth-order valence-corrected chi connectivity index (χ4v) is 2.23. The predicted octanol–water partition coefficient (Wildman–Crippen LogP) is 3.88. The van der Waals surface area contributed by atoms with E-state index in [0.29, 0.717) is 6.04 Å². The van der Waals surface area contributed by atoms with Crippen molar-refractivity contribution in [3.05, 3.63) is 46.4 Å². The lowest BCUT2D eigenvalue weighted by molar-refractivity contribution is 0.903. The van der Waals surface area contributed by atoms with E-state index in [9.17, 15) is 0 Å². The normalized spacial score (nSPS) is 12.4. The largest absolute Gasteiger partial charge is 0.378 e. The highest BCUT2D eigenvalue weighted by Crippen LogP contribution is 2.22. The fraction of sp³-hybridized carbons (Fsp3) is 0.308. The van der Waals surface area contributed by atoms with E-state index in [4.69, 9.17) is 0 Å². The molecule has 1 unspecified atom stereocenters. The Morgan fingerprint density at radius 3 is 2.62 bits per heavy atom. The molecule has 2 aromatic rings. The highest BCUT2D eigenvalue weighted by atomic mass is 32.1. The molecule has 1 heterocycles. The van der Waals surface area contributed by atoms with Crippen molar-refractivity contribution in [2.24, 2.45) is 0 Å². The molecule has 0 amide bonds. The zero-order chi connectivity index (χ0) is 11.4. The molecule has 0 spiro atoms. The van der Waals surface area contributed by atoms with Gasteiger partial charge < -0.3 is 5.32 Å². The van der Waals surface area contributed by atoms with Crippen LogP contribution in [0.25, 0.3) is 0 Å². The Morgan fingerprint density at radius 1 is 1.31 bits per heavy atom. The Kier molecular flexibility index (Phi) is 3.57. The smallest absolute Gasteiger partial charge is 0.0795 e. The van der Waals surface area contributed by atoms with Crippen molar-refractivity contribution in [2.75, 3.05) is 5.32 Å². The van der Waals surface area contributed by atoms with Crippen LogP contribution in [0, 0.1) is 0 Å². The van der Waals surface area contributed by atoms with E-state index < -0.39 is 0 Å². The third-order valence-corrected chi connectivity index (χ3v) is 3.58. The Hall–Kier alpha value is -1.35. The first-order chi connectivity index (χ1) is 7.79. The molecule has 0 aliphatic heterocycles. The first-order valence-electron chi connectivity index (χ1n) is 5.53. The molecule has 16 heavy (non-hydrogen) atoms. The van der Waals surface area contributed by atoms with E-state index in [0.717, 1.165) is 12.1 Å². The number of aromatic nitrogens is 1. The van der Waals surface area contributed by atoms with Gasteiger partial charge in [-0.2, -0.15) is 0 Å². The van der Waals surface area contributed by atoms with Crippen molar-refractivity contribution in [3.63, 3.8) is 0 Å². The highest BCUT2D eigenvalue weighted by Gasteiger charge is 2.06. The van der Waals surface area contributed by atoms with E-state index in [2.05, 4.69) is 48.4 Å². The number of benzene rings is 1. The molecule has 1 N–H and O–H groups in total. The van der Waals surface area contributed by atoms with Crippen LogP contribution in [0.2, 0.25) is 0 Å². The predicted molar refractivity (Wildman–Crippen MR) is 70.0 cm³/mol. The van der Waals surface area contributed by atoms with Crippen molar-refractivity contribution in [1.29, 1.82) is 0 Å². The first kappa shape index (κ1) is 11.1. The maximum atomic E-state index is 4.09. The SMILES string of the molecule is CCc1ccc(NC(C)c2cncs2)cc1. The summed E-state index contributed by atoms with van der Waals surface area (Å²) in [6.45, 7) is 4.32. The molecule has 2 nitrogen and oxygen atoms in total. The minimum atomic E-state index is 0.319. The van der Waals surface area contributed by atoms with E-state index >= 15 is 0 Å². The number of hydrogen-bond acceptors (Lipinski definition) is 3. The van der Waals surface area contributed by atoms with Crippen LogP contribution in [0.1, 0.15) is 30.3 Å². The maximum Gasteiger partial charge on any atom is 0.0795 e. The van der Waals surface area contributed by atoms with Gasteiger partial charge in [-0.1, -0.05) is 19.1 Å². The Bertz CT molecular complexity index is 420. The van der Waals surface area contributed by atoms with E-state index in [-0.39, 0.29) is 0 Å². The quantitative estimate of drug-likeness (QED) is 0.865. The van der Waals surface area contributed by atoms with Crippen LogP contribution >= 0.6 is 11.3 Å². The lowest BCUT2D eigenvalue weighted by Gasteiger charge is -2.13. The van der Waals surface area contributed by atoms with Gasteiger partial charge in [0.1, 0.15) is 0 Å². The zero-order valence-electron chi connectivity index (χ0n) is 9.60. The summed E-state index contributed by atoms with van der Waals surface area (Å²) in [5, 5.41) is 3.47. The van der Waals surface area contributed by atoms with Gasteiger partial charge in [0.05, 0.1) is 11.6 Å². The summed E-state index contributed by atoms with van der Waals surface area (Å²) in [6, 6.07) is 8.93. The van der Waals surface area contributed by atoms with Gasteiger partial charge in [0.2, 0.25) is 0 Å². The average Bonchev–Trinajstić information content (AvgIpc) is 2.83. The Morgan fingerprint density at radius 2 is 2.06 bits per heavy atom. The molecule has 0 aliphatic carbocycles.